The lowest BCUT2D eigenvalue weighted by molar-refractivity contribution is -0.236. The molecule has 0 spiro atoms. The molecule has 8 nitrogen and oxygen atoms in total. The van der Waals surface area contributed by atoms with Crippen molar-refractivity contribution in [2.24, 2.45) is 23.7 Å². The number of nitrogens with zero attached hydrogens (tertiary/aromatic N) is 4. The average Bonchev–Trinajstić information content (AvgIpc) is 3.69. The predicted octanol–water partition coefficient (Wildman–Crippen LogP) is 6.50. The van der Waals surface area contributed by atoms with Gasteiger partial charge in [0, 0.05) is 29.1 Å². The van der Waals surface area contributed by atoms with Crippen LogP contribution in [0.25, 0.3) is 32.8 Å². The molecule has 0 N–H and O–H groups in total. The van der Waals surface area contributed by atoms with E-state index >= 15 is 0 Å². The highest BCUT2D eigenvalue weighted by Crippen LogP contribution is 2.52. The molecule has 4 aromatic rings. The summed E-state index contributed by atoms with van der Waals surface area (Å²) >= 11 is 0. The molecule has 0 amide bonds. The molecule has 0 aliphatic carbocycles. The lowest BCUT2D eigenvalue weighted by atomic mass is 9.91. The average molecular weight is 545 g/mol. The van der Waals surface area contributed by atoms with Crippen LogP contribution in [0.3, 0.4) is 0 Å². The maximum atomic E-state index is 6.72. The number of aromatic nitrogens is 4. The fraction of sp³-hybridized carbons (Fsp3) is 0.625. The second-order valence-corrected chi connectivity index (χ2v) is 13.6. The van der Waals surface area contributed by atoms with Crippen molar-refractivity contribution in [1.82, 2.24) is 19.1 Å². The van der Waals surface area contributed by atoms with E-state index in [0.717, 1.165) is 57.6 Å². The largest absolute Gasteiger partial charge is 0.341 e. The highest BCUT2D eigenvalue weighted by molar-refractivity contribution is 6.09. The Hall–Kier alpha value is -2.52. The van der Waals surface area contributed by atoms with E-state index in [2.05, 4.69) is 88.8 Å². The van der Waals surface area contributed by atoms with Crippen molar-refractivity contribution in [1.29, 1.82) is 0 Å². The van der Waals surface area contributed by atoms with Gasteiger partial charge in [0.2, 0.25) is 0 Å². The van der Waals surface area contributed by atoms with Crippen LogP contribution >= 0.6 is 0 Å². The summed E-state index contributed by atoms with van der Waals surface area (Å²) in [6.07, 6.45) is -0.297. The number of hydrogen-bond acceptors (Lipinski definition) is 6. The van der Waals surface area contributed by atoms with Crippen LogP contribution in [0.4, 0.5) is 0 Å². The third kappa shape index (κ3) is 3.00. The standard InChI is InChI=1S/C32H40N4O4/c1-15(2)31(16(3)4)38-25-14-36-23-11-19-9-10-22-26(20(19)12-21(23)33-29(36)27(25)39-31)34-30-28-24(13-35(22)30)37-32(40-28,17(5)6)18(7)8/h9-12,15-18,24-25,27-28H,13-14H2,1-8H3/t24-,25-,27-,28-/m0/s1. The zero-order valence-corrected chi connectivity index (χ0v) is 24.8. The van der Waals surface area contributed by atoms with Gasteiger partial charge in [-0.1, -0.05) is 61.5 Å². The van der Waals surface area contributed by atoms with Crippen LogP contribution in [0.15, 0.2) is 24.3 Å². The van der Waals surface area contributed by atoms with Crippen LogP contribution in [0.5, 0.6) is 0 Å². The number of ether oxygens (including phenoxy) is 4. The molecule has 8 rings (SSSR count). The lowest BCUT2D eigenvalue weighted by Gasteiger charge is -2.36. The van der Waals surface area contributed by atoms with Crippen LogP contribution in [-0.4, -0.2) is 42.9 Å². The Kier molecular flexibility index (Phi) is 5.08. The quantitative estimate of drug-likeness (QED) is 0.292. The molecule has 8 heteroatoms. The van der Waals surface area contributed by atoms with Gasteiger partial charge in [0.05, 0.1) is 35.2 Å². The third-order valence-electron chi connectivity index (χ3n) is 10.1. The predicted molar refractivity (Wildman–Crippen MR) is 153 cm³/mol. The first kappa shape index (κ1) is 25.2. The molecule has 212 valence electrons. The maximum Gasteiger partial charge on any atom is 0.174 e. The fourth-order valence-electron chi connectivity index (χ4n) is 8.07. The van der Waals surface area contributed by atoms with Crippen LogP contribution in [0, 0.1) is 23.7 Å². The Labute approximate surface area is 234 Å². The third-order valence-corrected chi connectivity index (χ3v) is 10.1. The number of hydrogen-bond donors (Lipinski definition) is 0. The van der Waals surface area contributed by atoms with Crippen molar-refractivity contribution in [3.63, 3.8) is 0 Å². The van der Waals surface area contributed by atoms with E-state index in [9.17, 15) is 0 Å². The molecule has 0 radical (unpaired) electrons. The van der Waals surface area contributed by atoms with Crippen molar-refractivity contribution in [2.75, 3.05) is 0 Å². The monoisotopic (exact) mass is 544 g/mol. The van der Waals surface area contributed by atoms with Crippen molar-refractivity contribution in [2.45, 2.75) is 104 Å². The molecule has 4 aliphatic rings. The van der Waals surface area contributed by atoms with Gasteiger partial charge in [-0.15, -0.1) is 0 Å². The van der Waals surface area contributed by atoms with Crippen molar-refractivity contribution >= 4 is 32.8 Å². The Morgan fingerprint density at radius 3 is 1.75 bits per heavy atom. The van der Waals surface area contributed by atoms with E-state index in [4.69, 9.17) is 28.9 Å². The van der Waals surface area contributed by atoms with Crippen molar-refractivity contribution in [3.05, 3.63) is 35.9 Å². The SMILES string of the molecule is CC(C)C1(C(C)C)O[C@H]2Cn3c(nc4cc5c(ccc6c5nc5n6C[C@@H]6OC(C(C)C)(C(C)C)O[C@H]56)cc43)[C@H]2O1. The molecule has 0 bridgehead atoms. The summed E-state index contributed by atoms with van der Waals surface area (Å²) in [6, 6.07) is 8.87. The second kappa shape index (κ2) is 8.06. The first-order chi connectivity index (χ1) is 19.0. The van der Waals surface area contributed by atoms with Gasteiger partial charge >= 0.3 is 0 Å². The molecule has 4 atom stereocenters. The highest BCUT2D eigenvalue weighted by atomic mass is 16.8. The van der Waals surface area contributed by atoms with Gasteiger partial charge in [-0.05, 0) is 23.6 Å². The molecule has 2 saturated heterocycles. The Balaban J connectivity index is 1.20. The zero-order valence-electron chi connectivity index (χ0n) is 24.8. The number of fused-ring (bicyclic) bond motifs is 12. The molecule has 2 aromatic heterocycles. The summed E-state index contributed by atoms with van der Waals surface area (Å²) in [5, 5.41) is 2.29. The first-order valence-electron chi connectivity index (χ1n) is 15.1. The van der Waals surface area contributed by atoms with Crippen LogP contribution in [-0.2, 0) is 32.0 Å². The summed E-state index contributed by atoms with van der Waals surface area (Å²) in [7, 11) is 0. The van der Waals surface area contributed by atoms with Gasteiger partial charge < -0.3 is 28.1 Å². The van der Waals surface area contributed by atoms with Crippen molar-refractivity contribution in [3.8, 4) is 0 Å². The topological polar surface area (TPSA) is 72.6 Å². The maximum absolute atomic E-state index is 6.72. The number of benzene rings is 2. The Bertz CT molecular complexity index is 1660. The van der Waals surface area contributed by atoms with Gasteiger partial charge in [0.15, 0.2) is 11.6 Å². The molecule has 2 fully saturated rings. The van der Waals surface area contributed by atoms with Crippen molar-refractivity contribution < 1.29 is 18.9 Å². The fourth-order valence-corrected chi connectivity index (χ4v) is 8.07. The first-order valence-corrected chi connectivity index (χ1v) is 15.1. The minimum Gasteiger partial charge on any atom is -0.341 e. The van der Waals surface area contributed by atoms with E-state index in [-0.39, 0.29) is 48.1 Å². The smallest absolute Gasteiger partial charge is 0.174 e. The molecule has 6 heterocycles. The van der Waals surface area contributed by atoms with E-state index in [1.165, 1.54) is 0 Å². The van der Waals surface area contributed by atoms with Gasteiger partial charge in [-0.25, -0.2) is 9.97 Å². The zero-order chi connectivity index (χ0) is 27.9. The molecule has 0 unspecified atom stereocenters. The summed E-state index contributed by atoms with van der Waals surface area (Å²) in [5.74, 6) is 1.84. The van der Waals surface area contributed by atoms with Crippen LogP contribution in [0.2, 0.25) is 0 Å². The highest BCUT2D eigenvalue weighted by Gasteiger charge is 2.57. The van der Waals surface area contributed by atoms with E-state index in [1.807, 2.05) is 0 Å². The minimum atomic E-state index is -0.573. The lowest BCUT2D eigenvalue weighted by Crippen LogP contribution is -2.43. The molecular weight excluding hydrogens is 504 g/mol. The van der Waals surface area contributed by atoms with Gasteiger partial charge in [-0.2, -0.15) is 0 Å². The summed E-state index contributed by atoms with van der Waals surface area (Å²) < 4.78 is 31.3. The number of imidazole rings is 2. The molecular formula is C32H40N4O4. The van der Waals surface area contributed by atoms with Gasteiger partial charge in [0.25, 0.3) is 0 Å². The van der Waals surface area contributed by atoms with E-state index < -0.39 is 11.6 Å². The van der Waals surface area contributed by atoms with Crippen LogP contribution in [0.1, 0.15) is 79.2 Å². The van der Waals surface area contributed by atoms with E-state index in [1.54, 1.807) is 0 Å². The minimum absolute atomic E-state index is 0.00336. The molecule has 0 saturated carbocycles. The second-order valence-electron chi connectivity index (χ2n) is 13.6. The van der Waals surface area contributed by atoms with Gasteiger partial charge in [0.1, 0.15) is 36.1 Å². The van der Waals surface area contributed by atoms with E-state index in [0.29, 0.717) is 0 Å². The number of rotatable bonds is 4. The Morgan fingerprint density at radius 1 is 0.675 bits per heavy atom. The molecule has 2 aromatic carbocycles. The van der Waals surface area contributed by atoms with Crippen LogP contribution < -0.4 is 0 Å². The summed E-state index contributed by atoms with van der Waals surface area (Å²) in [5.41, 5.74) is 4.24. The summed E-state index contributed by atoms with van der Waals surface area (Å²) in [4.78, 5) is 10.3. The molecule has 4 aliphatic heterocycles. The Morgan fingerprint density at radius 2 is 1.20 bits per heavy atom. The normalized spacial score (nSPS) is 28.2. The van der Waals surface area contributed by atoms with Gasteiger partial charge in [-0.3, -0.25) is 0 Å². The summed E-state index contributed by atoms with van der Waals surface area (Å²) in [6.45, 7) is 19.0. The molecule has 40 heavy (non-hydrogen) atoms.